The van der Waals surface area contributed by atoms with Gasteiger partial charge in [0.2, 0.25) is 0 Å². The molecule has 0 radical (unpaired) electrons. The van der Waals surface area contributed by atoms with E-state index >= 15 is 0 Å². The van der Waals surface area contributed by atoms with E-state index in [2.05, 4.69) is 4.98 Å². The van der Waals surface area contributed by atoms with Crippen LogP contribution in [0.3, 0.4) is 0 Å². The molecule has 0 aliphatic rings. The van der Waals surface area contributed by atoms with Gasteiger partial charge >= 0.3 is 5.97 Å². The number of hydrogen-bond donors (Lipinski definition) is 1. The van der Waals surface area contributed by atoms with Crippen molar-refractivity contribution in [2.75, 3.05) is 0 Å². The Morgan fingerprint density at radius 1 is 1.17 bits per heavy atom. The van der Waals surface area contributed by atoms with Crippen LogP contribution in [0.1, 0.15) is 10.4 Å². The second-order valence-electron chi connectivity index (χ2n) is 3.47. The molecule has 1 aromatic carbocycles. The quantitative estimate of drug-likeness (QED) is 0.895. The Hall–Kier alpha value is -2.37. The molecule has 0 atom stereocenters. The van der Waals surface area contributed by atoms with Gasteiger partial charge in [0.25, 0.3) is 0 Å². The van der Waals surface area contributed by atoms with Gasteiger partial charge < -0.3 is 5.11 Å². The highest BCUT2D eigenvalue weighted by atomic mass is 19.1. The summed E-state index contributed by atoms with van der Waals surface area (Å²) in [6, 6.07) is 2.08. The SMILES string of the molecule is O=C(O)c1ccncc1-c1c(F)cc(F)cc1F. The van der Waals surface area contributed by atoms with Crippen LogP contribution in [0.15, 0.2) is 30.6 Å². The molecule has 1 N–H and O–H groups in total. The van der Waals surface area contributed by atoms with Crippen LogP contribution in [-0.2, 0) is 0 Å². The Balaban J connectivity index is 2.74. The van der Waals surface area contributed by atoms with E-state index in [-0.39, 0.29) is 11.1 Å². The van der Waals surface area contributed by atoms with E-state index in [1.165, 1.54) is 6.20 Å². The molecule has 2 rings (SSSR count). The van der Waals surface area contributed by atoms with Crippen molar-refractivity contribution in [2.24, 2.45) is 0 Å². The summed E-state index contributed by atoms with van der Waals surface area (Å²) in [7, 11) is 0. The fourth-order valence-corrected chi connectivity index (χ4v) is 1.58. The van der Waals surface area contributed by atoms with Gasteiger partial charge in [0.15, 0.2) is 0 Å². The summed E-state index contributed by atoms with van der Waals surface area (Å²) >= 11 is 0. The van der Waals surface area contributed by atoms with E-state index < -0.39 is 29.0 Å². The molecule has 1 aromatic heterocycles. The van der Waals surface area contributed by atoms with Crippen molar-refractivity contribution < 1.29 is 23.1 Å². The molecule has 0 aliphatic heterocycles. The third-order valence-corrected chi connectivity index (χ3v) is 2.33. The molecule has 0 unspecified atom stereocenters. The highest BCUT2D eigenvalue weighted by molar-refractivity contribution is 5.95. The normalized spacial score (nSPS) is 10.4. The maximum atomic E-state index is 13.5. The number of nitrogens with zero attached hydrogens (tertiary/aromatic N) is 1. The Morgan fingerprint density at radius 2 is 1.78 bits per heavy atom. The van der Waals surface area contributed by atoms with Gasteiger partial charge in [-0.25, -0.2) is 18.0 Å². The predicted molar refractivity (Wildman–Crippen MR) is 56.5 cm³/mol. The lowest BCUT2D eigenvalue weighted by atomic mass is 10.0. The molecule has 0 aliphatic carbocycles. The third-order valence-electron chi connectivity index (χ3n) is 2.33. The van der Waals surface area contributed by atoms with E-state index in [9.17, 15) is 18.0 Å². The summed E-state index contributed by atoms with van der Waals surface area (Å²) in [6.07, 6.45) is 2.20. The van der Waals surface area contributed by atoms with Crippen LogP contribution in [-0.4, -0.2) is 16.1 Å². The summed E-state index contributed by atoms with van der Waals surface area (Å²) in [5.74, 6) is -4.78. The minimum atomic E-state index is -1.35. The van der Waals surface area contributed by atoms with E-state index in [1.54, 1.807) is 0 Å². The summed E-state index contributed by atoms with van der Waals surface area (Å²) < 4.78 is 39.9. The predicted octanol–water partition coefficient (Wildman–Crippen LogP) is 2.86. The molecule has 1 heterocycles. The lowest BCUT2D eigenvalue weighted by Gasteiger charge is -2.08. The van der Waals surface area contributed by atoms with Crippen LogP contribution in [0.25, 0.3) is 11.1 Å². The first-order valence-electron chi connectivity index (χ1n) is 4.83. The second-order valence-corrected chi connectivity index (χ2v) is 3.47. The van der Waals surface area contributed by atoms with Gasteiger partial charge in [-0.05, 0) is 6.07 Å². The number of aromatic carboxylic acids is 1. The number of carboxylic acid groups (broad SMARTS) is 1. The highest BCUT2D eigenvalue weighted by Gasteiger charge is 2.19. The Labute approximate surface area is 99.5 Å². The largest absolute Gasteiger partial charge is 0.478 e. The topological polar surface area (TPSA) is 50.2 Å². The fraction of sp³-hybridized carbons (Fsp3) is 0. The van der Waals surface area contributed by atoms with E-state index in [0.717, 1.165) is 12.3 Å². The summed E-state index contributed by atoms with van der Waals surface area (Å²) in [4.78, 5) is 14.6. The van der Waals surface area contributed by atoms with Crippen LogP contribution in [0.5, 0.6) is 0 Å². The molecule has 6 heteroatoms. The Kier molecular flexibility index (Phi) is 3.01. The molecule has 0 spiro atoms. The molecule has 3 nitrogen and oxygen atoms in total. The number of pyridine rings is 1. The van der Waals surface area contributed by atoms with Crippen LogP contribution < -0.4 is 0 Å². The number of carbonyl (C=O) groups is 1. The maximum absolute atomic E-state index is 13.5. The minimum Gasteiger partial charge on any atom is -0.478 e. The fourth-order valence-electron chi connectivity index (χ4n) is 1.58. The average molecular weight is 253 g/mol. The van der Waals surface area contributed by atoms with Crippen molar-refractivity contribution in [1.82, 2.24) is 4.98 Å². The lowest BCUT2D eigenvalue weighted by Crippen LogP contribution is -2.03. The summed E-state index contributed by atoms with van der Waals surface area (Å²) in [5, 5.41) is 8.92. The number of carboxylic acids is 1. The van der Waals surface area contributed by atoms with Crippen LogP contribution in [0.2, 0.25) is 0 Å². The zero-order valence-corrected chi connectivity index (χ0v) is 8.82. The highest BCUT2D eigenvalue weighted by Crippen LogP contribution is 2.29. The molecule has 2 aromatic rings. The standard InChI is InChI=1S/C12H6F3NO2/c13-6-3-9(14)11(10(15)4-6)8-5-16-2-1-7(8)12(17)18/h1-5H,(H,17,18). The molecule has 0 bridgehead atoms. The Morgan fingerprint density at radius 3 is 2.33 bits per heavy atom. The van der Waals surface area contributed by atoms with Gasteiger partial charge in [0.1, 0.15) is 17.5 Å². The molecule has 0 fully saturated rings. The van der Waals surface area contributed by atoms with Gasteiger partial charge in [-0.2, -0.15) is 0 Å². The van der Waals surface area contributed by atoms with Crippen LogP contribution in [0, 0.1) is 17.5 Å². The minimum absolute atomic E-state index is 0.236. The van der Waals surface area contributed by atoms with Crippen molar-refractivity contribution >= 4 is 5.97 Å². The van der Waals surface area contributed by atoms with Gasteiger partial charge in [0.05, 0.1) is 11.1 Å². The van der Waals surface area contributed by atoms with Crippen molar-refractivity contribution in [3.63, 3.8) is 0 Å². The molecular weight excluding hydrogens is 247 g/mol. The first kappa shape index (κ1) is 12.1. The van der Waals surface area contributed by atoms with Crippen molar-refractivity contribution in [1.29, 1.82) is 0 Å². The number of hydrogen-bond acceptors (Lipinski definition) is 2. The number of aromatic nitrogens is 1. The third kappa shape index (κ3) is 2.04. The van der Waals surface area contributed by atoms with Crippen LogP contribution >= 0.6 is 0 Å². The molecule has 92 valence electrons. The van der Waals surface area contributed by atoms with Crippen molar-refractivity contribution in [3.8, 4) is 11.1 Å². The molecule has 18 heavy (non-hydrogen) atoms. The monoisotopic (exact) mass is 253 g/mol. The van der Waals surface area contributed by atoms with Gasteiger partial charge in [-0.1, -0.05) is 0 Å². The van der Waals surface area contributed by atoms with Gasteiger partial charge in [-0.3, -0.25) is 4.98 Å². The van der Waals surface area contributed by atoms with E-state index in [4.69, 9.17) is 5.11 Å². The summed E-state index contributed by atoms with van der Waals surface area (Å²) in [5.41, 5.74) is -1.16. The van der Waals surface area contributed by atoms with E-state index in [0.29, 0.717) is 12.1 Å². The first-order chi connectivity index (χ1) is 8.50. The van der Waals surface area contributed by atoms with Crippen LogP contribution in [0.4, 0.5) is 13.2 Å². The number of halogens is 3. The molecule has 0 amide bonds. The van der Waals surface area contributed by atoms with Crippen molar-refractivity contribution in [3.05, 3.63) is 53.6 Å². The average Bonchev–Trinajstić information content (AvgIpc) is 2.28. The molecular formula is C12H6F3NO2. The molecule has 0 saturated carbocycles. The zero-order valence-electron chi connectivity index (χ0n) is 8.82. The second kappa shape index (κ2) is 4.48. The number of benzene rings is 1. The zero-order chi connectivity index (χ0) is 13.3. The lowest BCUT2D eigenvalue weighted by molar-refractivity contribution is 0.0697. The van der Waals surface area contributed by atoms with E-state index in [1.807, 2.05) is 0 Å². The maximum Gasteiger partial charge on any atom is 0.336 e. The van der Waals surface area contributed by atoms with Crippen molar-refractivity contribution in [2.45, 2.75) is 0 Å². The Bertz CT molecular complexity index is 605. The number of rotatable bonds is 2. The van der Waals surface area contributed by atoms with Gasteiger partial charge in [0, 0.05) is 30.1 Å². The summed E-state index contributed by atoms with van der Waals surface area (Å²) in [6.45, 7) is 0. The first-order valence-corrected chi connectivity index (χ1v) is 4.83. The molecule has 0 saturated heterocycles. The van der Waals surface area contributed by atoms with Gasteiger partial charge in [-0.15, -0.1) is 0 Å². The smallest absolute Gasteiger partial charge is 0.336 e.